The molecule has 1 aliphatic heterocycles. The second kappa shape index (κ2) is 9.37. The molecule has 6 nitrogen and oxygen atoms in total. The van der Waals surface area contributed by atoms with Crippen LogP contribution in [0.25, 0.3) is 0 Å². The van der Waals surface area contributed by atoms with Crippen LogP contribution in [0.3, 0.4) is 0 Å². The first-order chi connectivity index (χ1) is 13.6. The van der Waals surface area contributed by atoms with E-state index in [-0.39, 0.29) is 11.9 Å². The Bertz CT molecular complexity index is 820. The largest absolute Gasteiger partial charge is 0.383 e. The van der Waals surface area contributed by atoms with Crippen molar-refractivity contribution in [2.24, 2.45) is 0 Å². The average molecular weight is 381 g/mol. The molecule has 0 aliphatic carbocycles. The van der Waals surface area contributed by atoms with Crippen molar-refractivity contribution in [3.8, 4) is 0 Å². The summed E-state index contributed by atoms with van der Waals surface area (Å²) in [5.74, 6) is -0.144. The molecule has 0 saturated carbocycles. The number of anilines is 1. The van der Waals surface area contributed by atoms with Gasteiger partial charge in [0.25, 0.3) is 5.91 Å². The Morgan fingerprint density at radius 3 is 2.57 bits per heavy atom. The SMILES string of the molecule is COCCNC(=O)c1ccc(N2CCCN(Cc3ccccc3C)C2=O)cc1. The number of nitrogens with zero attached hydrogens (tertiary/aromatic N) is 2. The highest BCUT2D eigenvalue weighted by molar-refractivity contribution is 5.96. The molecule has 0 aromatic heterocycles. The molecule has 1 heterocycles. The monoisotopic (exact) mass is 381 g/mol. The van der Waals surface area contributed by atoms with E-state index in [0.717, 1.165) is 18.7 Å². The number of benzene rings is 2. The molecule has 0 spiro atoms. The summed E-state index contributed by atoms with van der Waals surface area (Å²) in [4.78, 5) is 28.8. The molecule has 28 heavy (non-hydrogen) atoms. The molecular weight excluding hydrogens is 354 g/mol. The molecule has 0 atom stereocenters. The lowest BCUT2D eigenvalue weighted by Gasteiger charge is -2.36. The van der Waals surface area contributed by atoms with Crippen molar-refractivity contribution < 1.29 is 14.3 Å². The van der Waals surface area contributed by atoms with Crippen LogP contribution < -0.4 is 10.2 Å². The van der Waals surface area contributed by atoms with Crippen molar-refractivity contribution in [1.29, 1.82) is 0 Å². The summed E-state index contributed by atoms with van der Waals surface area (Å²) < 4.78 is 4.93. The number of amides is 3. The average Bonchev–Trinajstić information content (AvgIpc) is 2.71. The van der Waals surface area contributed by atoms with Crippen molar-refractivity contribution in [2.75, 3.05) is 38.3 Å². The van der Waals surface area contributed by atoms with Crippen LogP contribution in [0, 0.1) is 6.92 Å². The third kappa shape index (κ3) is 4.70. The molecule has 3 amide bonds. The third-order valence-corrected chi connectivity index (χ3v) is 4.97. The zero-order valence-electron chi connectivity index (χ0n) is 16.5. The first kappa shape index (κ1) is 19.9. The third-order valence-electron chi connectivity index (χ3n) is 4.97. The number of aryl methyl sites for hydroxylation is 1. The van der Waals surface area contributed by atoms with Gasteiger partial charge in [0.2, 0.25) is 0 Å². The molecule has 3 rings (SSSR count). The standard InChI is InChI=1S/C22H27N3O3/c1-17-6-3-4-7-19(17)16-24-13-5-14-25(22(24)27)20-10-8-18(9-11-20)21(26)23-12-15-28-2/h3-4,6-11H,5,12-16H2,1-2H3,(H,23,26). The minimum atomic E-state index is -0.144. The summed E-state index contributed by atoms with van der Waals surface area (Å²) in [7, 11) is 1.60. The van der Waals surface area contributed by atoms with E-state index in [9.17, 15) is 9.59 Å². The minimum Gasteiger partial charge on any atom is -0.383 e. The maximum Gasteiger partial charge on any atom is 0.324 e. The van der Waals surface area contributed by atoms with Crippen LogP contribution in [0.15, 0.2) is 48.5 Å². The van der Waals surface area contributed by atoms with Crippen LogP contribution in [0.5, 0.6) is 0 Å². The maximum absolute atomic E-state index is 13.0. The van der Waals surface area contributed by atoms with Crippen LogP contribution in [0.4, 0.5) is 10.5 Å². The van der Waals surface area contributed by atoms with Gasteiger partial charge < -0.3 is 15.0 Å². The molecule has 1 saturated heterocycles. The van der Waals surface area contributed by atoms with E-state index < -0.39 is 0 Å². The van der Waals surface area contributed by atoms with Crippen LogP contribution >= 0.6 is 0 Å². The van der Waals surface area contributed by atoms with Crippen molar-refractivity contribution in [3.05, 3.63) is 65.2 Å². The molecule has 0 unspecified atom stereocenters. The zero-order chi connectivity index (χ0) is 19.9. The lowest BCUT2D eigenvalue weighted by atomic mass is 10.1. The maximum atomic E-state index is 13.0. The van der Waals surface area contributed by atoms with Crippen molar-refractivity contribution in [2.45, 2.75) is 19.9 Å². The predicted molar refractivity (Wildman–Crippen MR) is 110 cm³/mol. The first-order valence-corrected chi connectivity index (χ1v) is 9.58. The summed E-state index contributed by atoms with van der Waals surface area (Å²) in [6.45, 7) is 5.06. The molecule has 1 aliphatic rings. The van der Waals surface area contributed by atoms with Gasteiger partial charge in [-0.2, -0.15) is 0 Å². The number of hydrogen-bond donors (Lipinski definition) is 1. The van der Waals surface area contributed by atoms with Crippen LogP contribution in [0.2, 0.25) is 0 Å². The van der Waals surface area contributed by atoms with Gasteiger partial charge in [-0.3, -0.25) is 9.69 Å². The Labute approximate surface area is 166 Å². The summed E-state index contributed by atoms with van der Waals surface area (Å²) in [6, 6.07) is 15.3. The Balaban J connectivity index is 1.66. The topological polar surface area (TPSA) is 61.9 Å². The van der Waals surface area contributed by atoms with Gasteiger partial charge in [-0.1, -0.05) is 24.3 Å². The van der Waals surface area contributed by atoms with E-state index in [1.54, 1.807) is 24.1 Å². The normalized spacial score (nSPS) is 14.3. The van der Waals surface area contributed by atoms with Crippen molar-refractivity contribution in [3.63, 3.8) is 0 Å². The first-order valence-electron chi connectivity index (χ1n) is 9.58. The second-order valence-corrected chi connectivity index (χ2v) is 6.93. The van der Waals surface area contributed by atoms with E-state index in [0.29, 0.717) is 31.8 Å². The van der Waals surface area contributed by atoms with E-state index >= 15 is 0 Å². The fraction of sp³-hybridized carbons (Fsp3) is 0.364. The van der Waals surface area contributed by atoms with Crippen LogP contribution in [0.1, 0.15) is 27.9 Å². The number of urea groups is 1. The van der Waals surface area contributed by atoms with Crippen molar-refractivity contribution in [1.82, 2.24) is 10.2 Å². The van der Waals surface area contributed by atoms with Gasteiger partial charge in [0.05, 0.1) is 6.61 Å². The van der Waals surface area contributed by atoms with Gasteiger partial charge >= 0.3 is 6.03 Å². The van der Waals surface area contributed by atoms with E-state index in [1.165, 1.54) is 11.1 Å². The fourth-order valence-electron chi connectivity index (χ4n) is 3.32. The lowest BCUT2D eigenvalue weighted by Crippen LogP contribution is -2.49. The molecule has 6 heteroatoms. The zero-order valence-corrected chi connectivity index (χ0v) is 16.5. The number of ether oxygens (including phenoxy) is 1. The number of rotatable bonds is 7. The fourth-order valence-corrected chi connectivity index (χ4v) is 3.32. The van der Waals surface area contributed by atoms with E-state index in [2.05, 4.69) is 24.4 Å². The molecule has 2 aromatic carbocycles. The molecule has 1 fully saturated rings. The highest BCUT2D eigenvalue weighted by atomic mass is 16.5. The smallest absolute Gasteiger partial charge is 0.324 e. The molecule has 0 bridgehead atoms. The highest BCUT2D eigenvalue weighted by Crippen LogP contribution is 2.22. The Morgan fingerprint density at radius 1 is 1.11 bits per heavy atom. The van der Waals surface area contributed by atoms with Gasteiger partial charge in [0, 0.05) is 44.5 Å². The summed E-state index contributed by atoms with van der Waals surface area (Å²) in [6.07, 6.45) is 0.914. The van der Waals surface area contributed by atoms with Crippen LogP contribution in [-0.4, -0.2) is 50.2 Å². The van der Waals surface area contributed by atoms with Gasteiger partial charge in [-0.15, -0.1) is 0 Å². The summed E-state index contributed by atoms with van der Waals surface area (Å²) in [5, 5.41) is 2.79. The molecule has 0 radical (unpaired) electrons. The molecule has 2 aromatic rings. The van der Waals surface area contributed by atoms with Crippen LogP contribution in [-0.2, 0) is 11.3 Å². The lowest BCUT2D eigenvalue weighted by molar-refractivity contribution is 0.0937. The number of carbonyl (C=O) groups is 2. The number of hydrogen-bond acceptors (Lipinski definition) is 3. The van der Waals surface area contributed by atoms with Gasteiger partial charge in [-0.05, 0) is 48.7 Å². The highest BCUT2D eigenvalue weighted by Gasteiger charge is 2.27. The van der Waals surface area contributed by atoms with E-state index in [4.69, 9.17) is 4.74 Å². The second-order valence-electron chi connectivity index (χ2n) is 6.93. The molecular formula is C22H27N3O3. The Hall–Kier alpha value is -2.86. The quantitative estimate of drug-likeness (QED) is 0.749. The van der Waals surface area contributed by atoms with Gasteiger partial charge in [-0.25, -0.2) is 4.79 Å². The Morgan fingerprint density at radius 2 is 1.86 bits per heavy atom. The Kier molecular flexibility index (Phi) is 6.66. The summed E-state index contributed by atoms with van der Waals surface area (Å²) >= 11 is 0. The molecule has 148 valence electrons. The van der Waals surface area contributed by atoms with Gasteiger partial charge in [0.15, 0.2) is 0 Å². The minimum absolute atomic E-state index is 0.00630. The number of methoxy groups -OCH3 is 1. The van der Waals surface area contributed by atoms with Gasteiger partial charge in [0.1, 0.15) is 0 Å². The predicted octanol–water partition coefficient (Wildman–Crippen LogP) is 3.20. The van der Waals surface area contributed by atoms with Crippen molar-refractivity contribution >= 4 is 17.6 Å². The van der Waals surface area contributed by atoms with E-state index in [1.807, 2.05) is 29.2 Å². The number of carbonyl (C=O) groups excluding carboxylic acids is 2. The number of nitrogens with one attached hydrogen (secondary N) is 1. The summed E-state index contributed by atoms with van der Waals surface area (Å²) in [5.41, 5.74) is 3.74. The molecule has 1 N–H and O–H groups in total.